The molecule has 0 radical (unpaired) electrons. The molecule has 0 spiro atoms. The van der Waals surface area contributed by atoms with Gasteiger partial charge in [-0.2, -0.15) is 0 Å². The molecule has 8 heavy (non-hydrogen) atoms. The smallest absolute Gasteiger partial charge is 0.116 e. The molecule has 0 aliphatic carbocycles. The standard InChI is InChI=1S/C6H11FO/c7-5-6-3-1-2-4-8-6/h6H,1-5H2/t6-/m0/s1. The fourth-order valence-electron chi connectivity index (χ4n) is 0.929. The molecule has 1 nitrogen and oxygen atoms in total. The van der Waals surface area contributed by atoms with E-state index < -0.39 is 0 Å². The SMILES string of the molecule is FC[C@@H]1CCCCO1. The minimum Gasteiger partial charge on any atom is -0.376 e. The second kappa shape index (κ2) is 3.02. The normalized spacial score (nSPS) is 30.4. The first-order chi connectivity index (χ1) is 3.93. The van der Waals surface area contributed by atoms with Gasteiger partial charge in [-0.25, -0.2) is 4.39 Å². The molecular weight excluding hydrogens is 107 g/mol. The lowest BCUT2D eigenvalue weighted by atomic mass is 10.1. The van der Waals surface area contributed by atoms with Crippen LogP contribution >= 0.6 is 0 Å². The first kappa shape index (κ1) is 6.02. The average Bonchev–Trinajstić information content (AvgIpc) is 1.90. The number of rotatable bonds is 1. The lowest BCUT2D eigenvalue weighted by Gasteiger charge is -2.18. The average molecular weight is 118 g/mol. The summed E-state index contributed by atoms with van der Waals surface area (Å²) in [6.07, 6.45) is 3.07. The Morgan fingerprint density at radius 1 is 1.50 bits per heavy atom. The summed E-state index contributed by atoms with van der Waals surface area (Å²) in [4.78, 5) is 0. The molecule has 48 valence electrons. The van der Waals surface area contributed by atoms with Crippen molar-refractivity contribution in [3.8, 4) is 0 Å². The van der Waals surface area contributed by atoms with Crippen LogP contribution in [0, 0.1) is 0 Å². The second-order valence-electron chi connectivity index (χ2n) is 2.14. The van der Waals surface area contributed by atoms with E-state index >= 15 is 0 Å². The zero-order valence-corrected chi connectivity index (χ0v) is 4.90. The molecule has 1 heterocycles. The fraction of sp³-hybridized carbons (Fsp3) is 1.00. The van der Waals surface area contributed by atoms with Crippen LogP contribution in [-0.4, -0.2) is 19.4 Å². The van der Waals surface area contributed by atoms with Gasteiger partial charge in [-0.05, 0) is 19.3 Å². The maximum atomic E-state index is 11.8. The van der Waals surface area contributed by atoms with Crippen LogP contribution in [0.15, 0.2) is 0 Å². The molecule has 1 aliphatic heterocycles. The summed E-state index contributed by atoms with van der Waals surface area (Å²) in [5.41, 5.74) is 0. The van der Waals surface area contributed by atoms with Crippen LogP contribution in [0.3, 0.4) is 0 Å². The first-order valence-corrected chi connectivity index (χ1v) is 3.11. The molecule has 1 saturated heterocycles. The highest BCUT2D eigenvalue weighted by molar-refractivity contribution is 4.60. The summed E-state index contributed by atoms with van der Waals surface area (Å²) < 4.78 is 16.8. The summed E-state index contributed by atoms with van der Waals surface area (Å²) in [5.74, 6) is 0. The highest BCUT2D eigenvalue weighted by atomic mass is 19.1. The predicted molar refractivity (Wildman–Crippen MR) is 29.6 cm³/mol. The number of hydrogen-bond donors (Lipinski definition) is 0. The molecule has 1 atom stereocenters. The molecule has 0 N–H and O–H groups in total. The second-order valence-corrected chi connectivity index (χ2v) is 2.14. The van der Waals surface area contributed by atoms with E-state index in [4.69, 9.17) is 4.74 Å². The van der Waals surface area contributed by atoms with Crippen molar-refractivity contribution in [2.45, 2.75) is 25.4 Å². The summed E-state index contributed by atoms with van der Waals surface area (Å²) in [6, 6.07) is 0. The van der Waals surface area contributed by atoms with E-state index in [0.717, 1.165) is 25.9 Å². The Labute approximate surface area is 48.8 Å². The maximum Gasteiger partial charge on any atom is 0.116 e. The van der Waals surface area contributed by atoms with Gasteiger partial charge in [0.05, 0.1) is 6.10 Å². The van der Waals surface area contributed by atoms with Gasteiger partial charge < -0.3 is 4.74 Å². The molecule has 1 aliphatic rings. The summed E-state index contributed by atoms with van der Waals surface area (Å²) in [7, 11) is 0. The number of halogens is 1. The maximum absolute atomic E-state index is 11.8. The van der Waals surface area contributed by atoms with Gasteiger partial charge in [-0.15, -0.1) is 0 Å². The van der Waals surface area contributed by atoms with Gasteiger partial charge >= 0.3 is 0 Å². The monoisotopic (exact) mass is 118 g/mol. The Balaban J connectivity index is 2.13. The third-order valence-electron chi connectivity index (χ3n) is 1.45. The molecule has 2 heteroatoms. The van der Waals surface area contributed by atoms with Crippen LogP contribution in [0.25, 0.3) is 0 Å². The van der Waals surface area contributed by atoms with Crippen molar-refractivity contribution >= 4 is 0 Å². The summed E-state index contributed by atoms with van der Waals surface area (Å²) in [5, 5.41) is 0. The van der Waals surface area contributed by atoms with Gasteiger partial charge in [0, 0.05) is 6.61 Å². The minimum atomic E-state index is -0.306. The van der Waals surface area contributed by atoms with Crippen molar-refractivity contribution in [2.24, 2.45) is 0 Å². The topological polar surface area (TPSA) is 9.23 Å². The van der Waals surface area contributed by atoms with Gasteiger partial charge in [-0.1, -0.05) is 0 Å². The minimum absolute atomic E-state index is 0.0799. The van der Waals surface area contributed by atoms with Gasteiger partial charge in [0.1, 0.15) is 6.67 Å². The molecule has 0 saturated carbocycles. The van der Waals surface area contributed by atoms with Gasteiger partial charge in [0.2, 0.25) is 0 Å². The Bertz CT molecular complexity index is 59.5. The third kappa shape index (κ3) is 1.44. The lowest BCUT2D eigenvalue weighted by molar-refractivity contribution is 0.00187. The van der Waals surface area contributed by atoms with Gasteiger partial charge in [-0.3, -0.25) is 0 Å². The molecule has 0 bridgehead atoms. The van der Waals surface area contributed by atoms with Crippen molar-refractivity contribution in [2.75, 3.05) is 13.3 Å². The highest BCUT2D eigenvalue weighted by Gasteiger charge is 2.11. The van der Waals surface area contributed by atoms with E-state index in [1.165, 1.54) is 0 Å². The molecule has 0 aromatic carbocycles. The van der Waals surface area contributed by atoms with E-state index in [-0.39, 0.29) is 12.8 Å². The fourth-order valence-corrected chi connectivity index (χ4v) is 0.929. The van der Waals surface area contributed by atoms with Crippen LogP contribution in [-0.2, 0) is 4.74 Å². The van der Waals surface area contributed by atoms with Crippen molar-refractivity contribution < 1.29 is 9.13 Å². The Morgan fingerprint density at radius 2 is 2.38 bits per heavy atom. The van der Waals surface area contributed by atoms with Crippen molar-refractivity contribution in [1.29, 1.82) is 0 Å². The third-order valence-corrected chi connectivity index (χ3v) is 1.45. The molecule has 0 unspecified atom stereocenters. The van der Waals surface area contributed by atoms with E-state index in [1.54, 1.807) is 0 Å². The Kier molecular flexibility index (Phi) is 2.27. The molecular formula is C6H11FO. The molecule has 0 amide bonds. The largest absolute Gasteiger partial charge is 0.376 e. The van der Waals surface area contributed by atoms with Crippen LogP contribution in [0.5, 0.6) is 0 Å². The quantitative estimate of drug-likeness (QED) is 0.507. The Morgan fingerprint density at radius 3 is 2.75 bits per heavy atom. The van der Waals surface area contributed by atoms with Crippen LogP contribution in [0.1, 0.15) is 19.3 Å². The molecule has 0 aromatic rings. The van der Waals surface area contributed by atoms with Crippen molar-refractivity contribution in [3.63, 3.8) is 0 Å². The van der Waals surface area contributed by atoms with Crippen LogP contribution in [0.2, 0.25) is 0 Å². The van der Waals surface area contributed by atoms with Crippen molar-refractivity contribution in [1.82, 2.24) is 0 Å². The van der Waals surface area contributed by atoms with E-state index in [1.807, 2.05) is 0 Å². The summed E-state index contributed by atoms with van der Waals surface area (Å²) >= 11 is 0. The zero-order valence-electron chi connectivity index (χ0n) is 4.90. The van der Waals surface area contributed by atoms with Gasteiger partial charge in [0.25, 0.3) is 0 Å². The first-order valence-electron chi connectivity index (χ1n) is 3.11. The number of alkyl halides is 1. The number of hydrogen-bond acceptors (Lipinski definition) is 1. The predicted octanol–water partition coefficient (Wildman–Crippen LogP) is 1.53. The summed E-state index contributed by atoms with van der Waals surface area (Å²) in [6.45, 7) is 0.453. The van der Waals surface area contributed by atoms with Crippen LogP contribution < -0.4 is 0 Å². The van der Waals surface area contributed by atoms with Crippen molar-refractivity contribution in [3.05, 3.63) is 0 Å². The van der Waals surface area contributed by atoms with E-state index in [0.29, 0.717) is 0 Å². The zero-order chi connectivity index (χ0) is 5.82. The lowest BCUT2D eigenvalue weighted by Crippen LogP contribution is -2.20. The Hall–Kier alpha value is -0.110. The van der Waals surface area contributed by atoms with Crippen LogP contribution in [0.4, 0.5) is 4.39 Å². The van der Waals surface area contributed by atoms with E-state index in [2.05, 4.69) is 0 Å². The molecule has 0 aromatic heterocycles. The highest BCUT2D eigenvalue weighted by Crippen LogP contribution is 2.12. The van der Waals surface area contributed by atoms with Gasteiger partial charge in [0.15, 0.2) is 0 Å². The van der Waals surface area contributed by atoms with E-state index in [9.17, 15) is 4.39 Å². The molecule has 1 rings (SSSR count). The number of ether oxygens (including phenoxy) is 1. The molecule has 1 fully saturated rings.